The van der Waals surface area contributed by atoms with E-state index in [0.717, 1.165) is 18.5 Å². The maximum Gasteiger partial charge on any atom is 0.123 e. The van der Waals surface area contributed by atoms with Crippen LogP contribution < -0.4 is 5.32 Å². The van der Waals surface area contributed by atoms with Gasteiger partial charge in [-0.3, -0.25) is 0 Å². The molecule has 0 fully saturated rings. The van der Waals surface area contributed by atoms with Gasteiger partial charge in [0.2, 0.25) is 0 Å². The van der Waals surface area contributed by atoms with Crippen molar-refractivity contribution in [2.75, 3.05) is 13.6 Å². The Balaban J connectivity index is 2.56. The maximum atomic E-state index is 13.0. The van der Waals surface area contributed by atoms with Crippen molar-refractivity contribution in [3.63, 3.8) is 0 Å². The van der Waals surface area contributed by atoms with E-state index in [9.17, 15) is 4.39 Å². The van der Waals surface area contributed by atoms with Crippen LogP contribution in [0, 0.1) is 11.7 Å². The molecule has 0 bridgehead atoms. The van der Waals surface area contributed by atoms with E-state index < -0.39 is 0 Å². The lowest BCUT2D eigenvalue weighted by molar-refractivity contribution is 0.455. The molecule has 1 aromatic carbocycles. The Morgan fingerprint density at radius 2 is 2.20 bits per heavy atom. The SMILES string of the molecule is CCCC(CNC)Cc1cccc(F)c1. The molecular weight excluding hydrogens is 189 g/mol. The van der Waals surface area contributed by atoms with Crippen LogP contribution in [0.3, 0.4) is 0 Å². The molecule has 1 rings (SSSR count). The minimum atomic E-state index is -0.132. The van der Waals surface area contributed by atoms with Crippen molar-refractivity contribution in [2.45, 2.75) is 26.2 Å². The number of hydrogen-bond acceptors (Lipinski definition) is 1. The number of hydrogen-bond donors (Lipinski definition) is 1. The predicted molar refractivity (Wildman–Crippen MR) is 62.4 cm³/mol. The fraction of sp³-hybridized carbons (Fsp3) is 0.538. The van der Waals surface area contributed by atoms with Gasteiger partial charge in [0.1, 0.15) is 5.82 Å². The van der Waals surface area contributed by atoms with Gasteiger partial charge in [-0.25, -0.2) is 4.39 Å². The average Bonchev–Trinajstić information content (AvgIpc) is 2.18. The van der Waals surface area contributed by atoms with Gasteiger partial charge in [-0.1, -0.05) is 25.5 Å². The molecule has 15 heavy (non-hydrogen) atoms. The van der Waals surface area contributed by atoms with E-state index in [4.69, 9.17) is 0 Å². The molecular formula is C13H20FN. The molecule has 1 nitrogen and oxygen atoms in total. The van der Waals surface area contributed by atoms with Crippen molar-refractivity contribution in [2.24, 2.45) is 5.92 Å². The fourth-order valence-corrected chi connectivity index (χ4v) is 1.97. The molecule has 84 valence electrons. The van der Waals surface area contributed by atoms with Gasteiger partial charge in [-0.05, 0) is 50.0 Å². The van der Waals surface area contributed by atoms with E-state index in [1.807, 2.05) is 13.1 Å². The van der Waals surface area contributed by atoms with E-state index in [0.29, 0.717) is 5.92 Å². The molecule has 1 unspecified atom stereocenters. The smallest absolute Gasteiger partial charge is 0.123 e. The molecule has 0 aliphatic heterocycles. The zero-order valence-corrected chi connectivity index (χ0v) is 9.59. The number of halogens is 1. The lowest BCUT2D eigenvalue weighted by Crippen LogP contribution is -2.20. The standard InChI is InChI=1S/C13H20FN/c1-3-5-12(10-15-2)8-11-6-4-7-13(14)9-11/h4,6-7,9,12,15H,3,5,8,10H2,1-2H3. The largest absolute Gasteiger partial charge is 0.319 e. The van der Waals surface area contributed by atoms with E-state index in [2.05, 4.69) is 12.2 Å². The summed E-state index contributed by atoms with van der Waals surface area (Å²) >= 11 is 0. The molecule has 1 N–H and O–H groups in total. The summed E-state index contributed by atoms with van der Waals surface area (Å²) < 4.78 is 13.0. The first-order valence-corrected chi connectivity index (χ1v) is 5.65. The molecule has 2 heteroatoms. The van der Waals surface area contributed by atoms with Crippen LogP contribution in [0.2, 0.25) is 0 Å². The second kappa shape index (κ2) is 6.57. The first-order chi connectivity index (χ1) is 7.26. The highest BCUT2D eigenvalue weighted by atomic mass is 19.1. The third-order valence-electron chi connectivity index (χ3n) is 2.60. The van der Waals surface area contributed by atoms with Crippen molar-refractivity contribution < 1.29 is 4.39 Å². The van der Waals surface area contributed by atoms with Crippen molar-refractivity contribution in [1.29, 1.82) is 0 Å². The Bertz CT molecular complexity index is 280. The van der Waals surface area contributed by atoms with E-state index in [1.54, 1.807) is 12.1 Å². The van der Waals surface area contributed by atoms with E-state index in [1.165, 1.54) is 18.9 Å². The van der Waals surface area contributed by atoms with Gasteiger partial charge in [0, 0.05) is 0 Å². The zero-order valence-electron chi connectivity index (χ0n) is 9.59. The summed E-state index contributed by atoms with van der Waals surface area (Å²) in [5.74, 6) is 0.481. The van der Waals surface area contributed by atoms with Crippen LogP contribution in [0.25, 0.3) is 0 Å². The van der Waals surface area contributed by atoms with Crippen LogP contribution in [0.1, 0.15) is 25.3 Å². The molecule has 0 radical (unpaired) electrons. The Hall–Kier alpha value is -0.890. The summed E-state index contributed by atoms with van der Waals surface area (Å²) in [4.78, 5) is 0. The Morgan fingerprint density at radius 1 is 1.40 bits per heavy atom. The summed E-state index contributed by atoms with van der Waals surface area (Å²) in [5.41, 5.74) is 1.10. The molecule has 1 atom stereocenters. The lowest BCUT2D eigenvalue weighted by Gasteiger charge is -2.15. The first-order valence-electron chi connectivity index (χ1n) is 5.65. The zero-order chi connectivity index (χ0) is 11.1. The molecule has 0 saturated carbocycles. The number of rotatable bonds is 6. The van der Waals surface area contributed by atoms with Crippen LogP contribution in [0.4, 0.5) is 4.39 Å². The Labute approximate surface area is 91.7 Å². The van der Waals surface area contributed by atoms with Gasteiger partial charge in [0.15, 0.2) is 0 Å². The highest BCUT2D eigenvalue weighted by Gasteiger charge is 2.08. The minimum Gasteiger partial charge on any atom is -0.319 e. The van der Waals surface area contributed by atoms with Crippen molar-refractivity contribution in [3.05, 3.63) is 35.6 Å². The van der Waals surface area contributed by atoms with Crippen LogP contribution in [-0.4, -0.2) is 13.6 Å². The molecule has 0 aromatic heterocycles. The first kappa shape index (κ1) is 12.2. The van der Waals surface area contributed by atoms with Gasteiger partial charge in [-0.2, -0.15) is 0 Å². The van der Waals surface area contributed by atoms with Gasteiger partial charge >= 0.3 is 0 Å². The number of benzene rings is 1. The maximum absolute atomic E-state index is 13.0. The van der Waals surface area contributed by atoms with Gasteiger partial charge in [-0.15, -0.1) is 0 Å². The molecule has 0 aliphatic carbocycles. The average molecular weight is 209 g/mol. The summed E-state index contributed by atoms with van der Waals surface area (Å²) in [6, 6.07) is 6.92. The Kier molecular flexibility index (Phi) is 5.33. The second-order valence-corrected chi connectivity index (χ2v) is 4.05. The van der Waals surface area contributed by atoms with Crippen LogP contribution in [0.5, 0.6) is 0 Å². The summed E-state index contributed by atoms with van der Waals surface area (Å²) in [7, 11) is 1.97. The van der Waals surface area contributed by atoms with E-state index in [-0.39, 0.29) is 5.82 Å². The topological polar surface area (TPSA) is 12.0 Å². The molecule has 0 aliphatic rings. The van der Waals surface area contributed by atoms with Gasteiger partial charge in [0.25, 0.3) is 0 Å². The van der Waals surface area contributed by atoms with E-state index >= 15 is 0 Å². The second-order valence-electron chi connectivity index (χ2n) is 4.05. The highest BCUT2D eigenvalue weighted by molar-refractivity contribution is 5.16. The molecule has 1 aromatic rings. The van der Waals surface area contributed by atoms with Crippen molar-refractivity contribution in [3.8, 4) is 0 Å². The van der Waals surface area contributed by atoms with Crippen LogP contribution in [0.15, 0.2) is 24.3 Å². The summed E-state index contributed by atoms with van der Waals surface area (Å²) in [6.45, 7) is 3.19. The highest BCUT2D eigenvalue weighted by Crippen LogP contribution is 2.14. The lowest BCUT2D eigenvalue weighted by atomic mass is 9.95. The molecule has 0 heterocycles. The monoisotopic (exact) mass is 209 g/mol. The van der Waals surface area contributed by atoms with Gasteiger partial charge in [0.05, 0.1) is 0 Å². The van der Waals surface area contributed by atoms with Crippen molar-refractivity contribution >= 4 is 0 Å². The molecule has 0 amide bonds. The third kappa shape index (κ3) is 4.43. The van der Waals surface area contributed by atoms with Crippen LogP contribution >= 0.6 is 0 Å². The number of nitrogens with one attached hydrogen (secondary N) is 1. The summed E-state index contributed by atoms with van der Waals surface area (Å²) in [6.07, 6.45) is 3.34. The normalized spacial score (nSPS) is 12.7. The quantitative estimate of drug-likeness (QED) is 0.759. The molecule has 0 saturated heterocycles. The summed E-state index contributed by atoms with van der Waals surface area (Å²) in [5, 5.41) is 3.19. The minimum absolute atomic E-state index is 0.132. The third-order valence-corrected chi connectivity index (χ3v) is 2.60. The van der Waals surface area contributed by atoms with Crippen molar-refractivity contribution in [1.82, 2.24) is 5.32 Å². The molecule has 0 spiro atoms. The predicted octanol–water partition coefficient (Wildman–Crippen LogP) is 3.00. The van der Waals surface area contributed by atoms with Gasteiger partial charge < -0.3 is 5.32 Å². The van der Waals surface area contributed by atoms with Crippen LogP contribution in [-0.2, 0) is 6.42 Å². The fourth-order valence-electron chi connectivity index (χ4n) is 1.97. The Morgan fingerprint density at radius 3 is 2.80 bits per heavy atom.